The fraction of sp³-hybridized carbons (Fsp3) is 0.562. The number of hydrogen-bond donors (Lipinski definition) is 1. The van der Waals surface area contributed by atoms with E-state index in [9.17, 15) is 4.79 Å². The number of hydrogen-bond acceptors (Lipinski definition) is 2. The van der Waals surface area contributed by atoms with E-state index in [4.69, 9.17) is 4.74 Å². The highest BCUT2D eigenvalue weighted by atomic mass is 16.5. The molecule has 0 bridgehead atoms. The first-order chi connectivity index (χ1) is 9.15. The van der Waals surface area contributed by atoms with Crippen LogP contribution < -0.4 is 5.32 Å². The van der Waals surface area contributed by atoms with Crippen LogP contribution in [0.5, 0.6) is 0 Å². The van der Waals surface area contributed by atoms with E-state index < -0.39 is 0 Å². The molecule has 1 amide bonds. The van der Waals surface area contributed by atoms with E-state index in [-0.39, 0.29) is 12.0 Å². The zero-order valence-electron chi connectivity index (χ0n) is 11.8. The largest absolute Gasteiger partial charge is 0.368 e. The molecule has 1 N–H and O–H groups in total. The molecular formula is C16H23NO2. The molecule has 0 saturated carbocycles. The molecule has 3 nitrogen and oxygen atoms in total. The number of carbonyl (C=O) groups is 1. The van der Waals surface area contributed by atoms with Crippen LogP contribution >= 0.6 is 0 Å². The van der Waals surface area contributed by atoms with Crippen molar-refractivity contribution < 1.29 is 9.53 Å². The number of rotatable bonds is 5. The van der Waals surface area contributed by atoms with Gasteiger partial charge in [0.05, 0.1) is 0 Å². The first-order valence-electron chi connectivity index (χ1n) is 7.12. The molecule has 1 saturated heterocycles. The van der Waals surface area contributed by atoms with E-state index in [0.717, 1.165) is 24.8 Å². The lowest BCUT2D eigenvalue weighted by atomic mass is 10.0. The smallest absolute Gasteiger partial charge is 0.249 e. The molecule has 1 fully saturated rings. The van der Waals surface area contributed by atoms with Crippen LogP contribution in [0.1, 0.15) is 37.8 Å². The van der Waals surface area contributed by atoms with Crippen LogP contribution in [-0.4, -0.2) is 18.6 Å². The van der Waals surface area contributed by atoms with Crippen LogP contribution in [0.2, 0.25) is 0 Å². The summed E-state index contributed by atoms with van der Waals surface area (Å²) in [6.07, 6.45) is 2.70. The SMILES string of the molecule is CC(C)Cc1ccc(CNC(=O)C2CCCO2)cc1. The second-order valence-corrected chi connectivity index (χ2v) is 5.63. The number of ether oxygens (including phenoxy) is 1. The predicted molar refractivity (Wildman–Crippen MR) is 75.8 cm³/mol. The molecule has 1 atom stereocenters. The third-order valence-electron chi connectivity index (χ3n) is 3.36. The van der Waals surface area contributed by atoms with Crippen molar-refractivity contribution in [2.45, 2.75) is 45.8 Å². The Morgan fingerprint density at radius 2 is 2.00 bits per heavy atom. The second kappa shape index (κ2) is 6.71. The maximum absolute atomic E-state index is 11.8. The molecule has 1 unspecified atom stereocenters. The van der Waals surface area contributed by atoms with Gasteiger partial charge in [0.2, 0.25) is 5.91 Å². The average molecular weight is 261 g/mol. The Hall–Kier alpha value is -1.35. The van der Waals surface area contributed by atoms with Crippen molar-refractivity contribution in [2.24, 2.45) is 5.92 Å². The lowest BCUT2D eigenvalue weighted by Gasteiger charge is -2.11. The number of amides is 1. The quantitative estimate of drug-likeness (QED) is 0.885. The van der Waals surface area contributed by atoms with Crippen molar-refractivity contribution in [3.8, 4) is 0 Å². The fourth-order valence-electron chi connectivity index (χ4n) is 2.35. The zero-order valence-corrected chi connectivity index (χ0v) is 11.8. The minimum Gasteiger partial charge on any atom is -0.368 e. The van der Waals surface area contributed by atoms with Crippen LogP contribution in [0.4, 0.5) is 0 Å². The summed E-state index contributed by atoms with van der Waals surface area (Å²) in [6, 6.07) is 8.47. The average Bonchev–Trinajstić information content (AvgIpc) is 2.91. The molecule has 0 aliphatic carbocycles. The van der Waals surface area contributed by atoms with Gasteiger partial charge in [0.1, 0.15) is 6.10 Å². The summed E-state index contributed by atoms with van der Waals surface area (Å²) in [6.45, 7) is 5.73. The zero-order chi connectivity index (χ0) is 13.7. The Balaban J connectivity index is 1.80. The standard InChI is InChI=1S/C16H23NO2/c1-12(2)10-13-5-7-14(8-6-13)11-17-16(18)15-4-3-9-19-15/h5-8,12,15H,3-4,9-11H2,1-2H3,(H,17,18). The summed E-state index contributed by atoms with van der Waals surface area (Å²) in [5.41, 5.74) is 2.49. The van der Waals surface area contributed by atoms with Crippen LogP contribution in [0.3, 0.4) is 0 Å². The Morgan fingerprint density at radius 1 is 1.32 bits per heavy atom. The highest BCUT2D eigenvalue weighted by Gasteiger charge is 2.22. The van der Waals surface area contributed by atoms with Crippen LogP contribution in [0, 0.1) is 5.92 Å². The topological polar surface area (TPSA) is 38.3 Å². The maximum atomic E-state index is 11.8. The van der Waals surface area contributed by atoms with E-state index in [2.05, 4.69) is 43.4 Å². The molecule has 1 aliphatic heterocycles. The second-order valence-electron chi connectivity index (χ2n) is 5.63. The molecule has 2 rings (SSSR count). The van der Waals surface area contributed by atoms with Gasteiger partial charge in [-0.15, -0.1) is 0 Å². The van der Waals surface area contributed by atoms with Gasteiger partial charge in [-0.2, -0.15) is 0 Å². The predicted octanol–water partition coefficient (Wildman–Crippen LogP) is 2.68. The molecule has 1 heterocycles. The van der Waals surface area contributed by atoms with E-state index in [1.807, 2.05) is 0 Å². The molecular weight excluding hydrogens is 238 g/mol. The lowest BCUT2D eigenvalue weighted by molar-refractivity contribution is -0.130. The molecule has 3 heteroatoms. The summed E-state index contributed by atoms with van der Waals surface area (Å²) in [4.78, 5) is 11.8. The summed E-state index contributed by atoms with van der Waals surface area (Å²) in [7, 11) is 0. The number of nitrogens with one attached hydrogen (secondary N) is 1. The third kappa shape index (κ3) is 4.35. The van der Waals surface area contributed by atoms with Gasteiger partial charge in [0.25, 0.3) is 0 Å². The van der Waals surface area contributed by atoms with Gasteiger partial charge < -0.3 is 10.1 Å². The third-order valence-corrected chi connectivity index (χ3v) is 3.36. The normalized spacial score (nSPS) is 18.8. The van der Waals surface area contributed by atoms with Crippen LogP contribution in [-0.2, 0) is 22.5 Å². The van der Waals surface area contributed by atoms with Crippen molar-refractivity contribution in [2.75, 3.05) is 6.61 Å². The first kappa shape index (κ1) is 14.1. The molecule has 1 aromatic carbocycles. The molecule has 0 spiro atoms. The van der Waals surface area contributed by atoms with Gasteiger partial charge in [-0.3, -0.25) is 4.79 Å². The van der Waals surface area contributed by atoms with Crippen LogP contribution in [0.25, 0.3) is 0 Å². The summed E-state index contributed by atoms with van der Waals surface area (Å²) in [5.74, 6) is 0.689. The molecule has 104 valence electrons. The Morgan fingerprint density at radius 3 is 2.58 bits per heavy atom. The van der Waals surface area contributed by atoms with E-state index in [1.165, 1.54) is 5.56 Å². The van der Waals surface area contributed by atoms with Gasteiger partial charge in [-0.1, -0.05) is 38.1 Å². The first-order valence-corrected chi connectivity index (χ1v) is 7.12. The minimum atomic E-state index is -0.236. The van der Waals surface area contributed by atoms with Crippen molar-refractivity contribution in [3.63, 3.8) is 0 Å². The summed E-state index contributed by atoms with van der Waals surface area (Å²) in [5, 5.41) is 2.94. The Bertz CT molecular complexity index is 405. The Labute approximate surface area is 115 Å². The van der Waals surface area contributed by atoms with E-state index in [0.29, 0.717) is 19.1 Å². The van der Waals surface area contributed by atoms with Crippen molar-refractivity contribution in [3.05, 3.63) is 35.4 Å². The summed E-state index contributed by atoms with van der Waals surface area (Å²) < 4.78 is 5.35. The van der Waals surface area contributed by atoms with Crippen molar-refractivity contribution >= 4 is 5.91 Å². The number of benzene rings is 1. The number of carbonyl (C=O) groups excluding carboxylic acids is 1. The van der Waals surface area contributed by atoms with Gasteiger partial charge in [-0.05, 0) is 36.3 Å². The lowest BCUT2D eigenvalue weighted by Crippen LogP contribution is -2.33. The van der Waals surface area contributed by atoms with Gasteiger partial charge in [0.15, 0.2) is 0 Å². The van der Waals surface area contributed by atoms with Gasteiger partial charge >= 0.3 is 0 Å². The minimum absolute atomic E-state index is 0.0174. The monoisotopic (exact) mass is 261 g/mol. The van der Waals surface area contributed by atoms with E-state index >= 15 is 0 Å². The highest BCUT2D eigenvalue weighted by molar-refractivity contribution is 5.80. The van der Waals surface area contributed by atoms with Crippen LogP contribution in [0.15, 0.2) is 24.3 Å². The highest BCUT2D eigenvalue weighted by Crippen LogP contribution is 2.13. The summed E-state index contributed by atoms with van der Waals surface area (Å²) >= 11 is 0. The Kier molecular flexibility index (Phi) is 4.97. The molecule has 19 heavy (non-hydrogen) atoms. The fourth-order valence-corrected chi connectivity index (χ4v) is 2.35. The van der Waals surface area contributed by atoms with Gasteiger partial charge in [-0.25, -0.2) is 0 Å². The molecule has 1 aliphatic rings. The van der Waals surface area contributed by atoms with Crippen molar-refractivity contribution in [1.29, 1.82) is 0 Å². The molecule has 0 radical (unpaired) electrons. The van der Waals surface area contributed by atoms with Crippen molar-refractivity contribution in [1.82, 2.24) is 5.32 Å². The molecule has 0 aromatic heterocycles. The van der Waals surface area contributed by atoms with Gasteiger partial charge in [0, 0.05) is 13.2 Å². The maximum Gasteiger partial charge on any atom is 0.249 e. The van der Waals surface area contributed by atoms with E-state index in [1.54, 1.807) is 0 Å². The molecule has 1 aromatic rings.